The standard InChI is InChI=1S/C9H13NO2/c11-6-10-2-1-7-3-8(10)5-9(12)4-7/h6-8H,1-5H2. The highest BCUT2D eigenvalue weighted by atomic mass is 16.1. The lowest BCUT2D eigenvalue weighted by Crippen LogP contribution is -2.46. The number of amides is 1. The van der Waals surface area contributed by atoms with E-state index >= 15 is 0 Å². The second-order valence-corrected chi connectivity index (χ2v) is 3.83. The molecular formula is C9H13NO2. The van der Waals surface area contributed by atoms with Crippen LogP contribution in [0.5, 0.6) is 0 Å². The molecule has 0 radical (unpaired) electrons. The molecule has 1 aliphatic heterocycles. The maximum Gasteiger partial charge on any atom is 0.209 e. The largest absolute Gasteiger partial charge is 0.342 e. The molecule has 2 atom stereocenters. The molecule has 0 aromatic carbocycles. The van der Waals surface area contributed by atoms with Gasteiger partial charge in [-0.3, -0.25) is 9.59 Å². The van der Waals surface area contributed by atoms with Crippen molar-refractivity contribution in [3.63, 3.8) is 0 Å². The lowest BCUT2D eigenvalue weighted by atomic mass is 9.79. The monoisotopic (exact) mass is 167 g/mol. The van der Waals surface area contributed by atoms with Crippen molar-refractivity contribution in [2.75, 3.05) is 6.54 Å². The number of nitrogens with zero attached hydrogens (tertiary/aromatic N) is 1. The number of hydrogen-bond donors (Lipinski definition) is 0. The summed E-state index contributed by atoms with van der Waals surface area (Å²) in [5.74, 6) is 0.898. The number of likely N-dealkylation sites (tertiary alicyclic amines) is 1. The Labute approximate surface area is 71.7 Å². The first-order chi connectivity index (χ1) is 5.79. The van der Waals surface area contributed by atoms with E-state index in [1.165, 1.54) is 0 Å². The molecular weight excluding hydrogens is 154 g/mol. The van der Waals surface area contributed by atoms with E-state index in [0.717, 1.165) is 32.2 Å². The molecule has 1 aliphatic carbocycles. The van der Waals surface area contributed by atoms with Crippen LogP contribution in [-0.2, 0) is 9.59 Å². The van der Waals surface area contributed by atoms with Crippen LogP contribution in [0.4, 0.5) is 0 Å². The van der Waals surface area contributed by atoms with Gasteiger partial charge in [-0.25, -0.2) is 0 Å². The van der Waals surface area contributed by atoms with Crippen LogP contribution in [0, 0.1) is 5.92 Å². The SMILES string of the molecule is O=CN1CCC2CC(=O)CC1C2. The molecule has 2 rings (SSSR count). The summed E-state index contributed by atoms with van der Waals surface area (Å²) >= 11 is 0. The number of ketones is 1. The van der Waals surface area contributed by atoms with Gasteiger partial charge in [0.05, 0.1) is 0 Å². The van der Waals surface area contributed by atoms with E-state index in [9.17, 15) is 9.59 Å². The summed E-state index contributed by atoms with van der Waals surface area (Å²) in [5.41, 5.74) is 0. The van der Waals surface area contributed by atoms with Crippen molar-refractivity contribution < 1.29 is 9.59 Å². The third-order valence-electron chi connectivity index (χ3n) is 2.99. The molecule has 2 unspecified atom stereocenters. The Kier molecular flexibility index (Phi) is 1.87. The van der Waals surface area contributed by atoms with Gasteiger partial charge in [0, 0.05) is 25.4 Å². The van der Waals surface area contributed by atoms with Crippen molar-refractivity contribution >= 4 is 12.2 Å². The number of carbonyl (C=O) groups is 2. The minimum atomic E-state index is 0.225. The predicted molar refractivity (Wildman–Crippen MR) is 43.5 cm³/mol. The van der Waals surface area contributed by atoms with Crippen LogP contribution in [0.2, 0.25) is 0 Å². The summed E-state index contributed by atoms with van der Waals surface area (Å²) in [6, 6.07) is 0.225. The van der Waals surface area contributed by atoms with Crippen LogP contribution in [0.3, 0.4) is 0 Å². The van der Waals surface area contributed by atoms with Crippen molar-refractivity contribution in [3.8, 4) is 0 Å². The van der Waals surface area contributed by atoms with Gasteiger partial charge in [0.25, 0.3) is 0 Å². The van der Waals surface area contributed by atoms with Crippen molar-refractivity contribution in [1.29, 1.82) is 0 Å². The van der Waals surface area contributed by atoms with Gasteiger partial charge in [-0.2, -0.15) is 0 Å². The molecule has 0 N–H and O–H groups in total. The Morgan fingerprint density at radius 1 is 1.42 bits per heavy atom. The van der Waals surface area contributed by atoms with Crippen LogP contribution in [0.1, 0.15) is 25.7 Å². The second kappa shape index (κ2) is 2.88. The van der Waals surface area contributed by atoms with E-state index < -0.39 is 0 Å². The molecule has 1 heterocycles. The smallest absolute Gasteiger partial charge is 0.209 e. The Balaban J connectivity index is 2.09. The number of piperidine rings is 1. The molecule has 3 nitrogen and oxygen atoms in total. The lowest BCUT2D eigenvalue weighted by Gasteiger charge is -2.40. The Bertz CT molecular complexity index is 215. The van der Waals surface area contributed by atoms with E-state index in [1.54, 1.807) is 4.90 Å². The quantitative estimate of drug-likeness (QED) is 0.536. The second-order valence-electron chi connectivity index (χ2n) is 3.83. The summed E-state index contributed by atoms with van der Waals surface area (Å²) in [7, 11) is 0. The third kappa shape index (κ3) is 1.24. The fourth-order valence-corrected chi connectivity index (χ4v) is 2.35. The molecule has 66 valence electrons. The highest BCUT2D eigenvalue weighted by Crippen LogP contribution is 2.31. The van der Waals surface area contributed by atoms with Crippen LogP contribution in [-0.4, -0.2) is 29.7 Å². The van der Waals surface area contributed by atoms with E-state index in [-0.39, 0.29) is 6.04 Å². The summed E-state index contributed by atoms with van der Waals surface area (Å²) in [5, 5.41) is 0. The van der Waals surface area contributed by atoms with Gasteiger partial charge in [0.1, 0.15) is 5.78 Å². The molecule has 12 heavy (non-hydrogen) atoms. The van der Waals surface area contributed by atoms with Gasteiger partial charge in [-0.1, -0.05) is 0 Å². The minimum Gasteiger partial charge on any atom is -0.342 e. The summed E-state index contributed by atoms with van der Waals surface area (Å²) in [6.07, 6.45) is 4.30. The molecule has 0 aromatic heterocycles. The van der Waals surface area contributed by atoms with Gasteiger partial charge >= 0.3 is 0 Å². The molecule has 0 spiro atoms. The highest BCUT2D eigenvalue weighted by molar-refractivity contribution is 5.80. The first kappa shape index (κ1) is 7.77. The zero-order valence-electron chi connectivity index (χ0n) is 7.03. The molecule has 2 fully saturated rings. The number of hydrogen-bond acceptors (Lipinski definition) is 2. The first-order valence-corrected chi connectivity index (χ1v) is 4.52. The Hall–Kier alpha value is -0.860. The van der Waals surface area contributed by atoms with Gasteiger partial charge in [0.2, 0.25) is 6.41 Å². The summed E-state index contributed by atoms with van der Waals surface area (Å²) in [6.45, 7) is 0.853. The highest BCUT2D eigenvalue weighted by Gasteiger charge is 2.34. The third-order valence-corrected chi connectivity index (χ3v) is 2.99. The number of carbonyl (C=O) groups excluding carboxylic acids is 2. The molecule has 1 saturated heterocycles. The number of Topliss-reactive ketones (excluding diaryl/α,β-unsaturated/α-hetero) is 1. The molecule has 3 heteroatoms. The molecule has 1 amide bonds. The fraction of sp³-hybridized carbons (Fsp3) is 0.778. The zero-order chi connectivity index (χ0) is 8.55. The van der Waals surface area contributed by atoms with Crippen molar-refractivity contribution in [2.45, 2.75) is 31.7 Å². The average molecular weight is 167 g/mol. The van der Waals surface area contributed by atoms with Crippen LogP contribution >= 0.6 is 0 Å². The molecule has 2 aliphatic rings. The normalized spacial score (nSPS) is 35.0. The van der Waals surface area contributed by atoms with E-state index in [1.807, 2.05) is 0 Å². The predicted octanol–water partition coefficient (Wildman–Crippen LogP) is 0.586. The Morgan fingerprint density at radius 3 is 3.00 bits per heavy atom. The summed E-state index contributed by atoms with van der Waals surface area (Å²) in [4.78, 5) is 23.6. The van der Waals surface area contributed by atoms with E-state index in [2.05, 4.69) is 0 Å². The van der Waals surface area contributed by atoms with E-state index in [0.29, 0.717) is 18.1 Å². The van der Waals surface area contributed by atoms with E-state index in [4.69, 9.17) is 0 Å². The topological polar surface area (TPSA) is 37.4 Å². The maximum absolute atomic E-state index is 11.2. The molecule has 1 saturated carbocycles. The molecule has 0 aromatic rings. The number of fused-ring (bicyclic) bond motifs is 2. The van der Waals surface area contributed by atoms with Crippen LogP contribution < -0.4 is 0 Å². The average Bonchev–Trinajstić information content (AvgIpc) is 2.04. The van der Waals surface area contributed by atoms with Crippen molar-refractivity contribution in [2.24, 2.45) is 5.92 Å². The van der Waals surface area contributed by atoms with Gasteiger partial charge < -0.3 is 4.90 Å². The first-order valence-electron chi connectivity index (χ1n) is 4.52. The van der Waals surface area contributed by atoms with Crippen LogP contribution in [0.25, 0.3) is 0 Å². The maximum atomic E-state index is 11.2. The van der Waals surface area contributed by atoms with Gasteiger partial charge in [-0.05, 0) is 18.8 Å². The fourth-order valence-electron chi connectivity index (χ4n) is 2.35. The number of rotatable bonds is 1. The van der Waals surface area contributed by atoms with Crippen LogP contribution in [0.15, 0.2) is 0 Å². The van der Waals surface area contributed by atoms with Crippen molar-refractivity contribution in [3.05, 3.63) is 0 Å². The molecule has 2 bridgehead atoms. The zero-order valence-corrected chi connectivity index (χ0v) is 7.03. The van der Waals surface area contributed by atoms with Crippen molar-refractivity contribution in [1.82, 2.24) is 4.90 Å². The summed E-state index contributed by atoms with van der Waals surface area (Å²) < 4.78 is 0. The van der Waals surface area contributed by atoms with Gasteiger partial charge in [-0.15, -0.1) is 0 Å². The Morgan fingerprint density at radius 2 is 2.25 bits per heavy atom. The minimum absolute atomic E-state index is 0.225. The lowest BCUT2D eigenvalue weighted by molar-refractivity contribution is -0.130. The van der Waals surface area contributed by atoms with Gasteiger partial charge in [0.15, 0.2) is 0 Å².